The van der Waals surface area contributed by atoms with Gasteiger partial charge in [0, 0.05) is 22.2 Å². The first-order chi connectivity index (χ1) is 15.9. The largest absolute Gasteiger partial charge is 0.497 e. The molecule has 0 aliphatic carbocycles. The molecule has 0 unspecified atom stereocenters. The third kappa shape index (κ3) is 4.87. The van der Waals surface area contributed by atoms with Gasteiger partial charge in [-0.2, -0.15) is 0 Å². The molecule has 1 heterocycles. The highest BCUT2D eigenvalue weighted by atomic mass is 35.5. The summed E-state index contributed by atoms with van der Waals surface area (Å²) in [6.45, 7) is 0.142. The van der Waals surface area contributed by atoms with Crippen LogP contribution in [0.25, 0.3) is 0 Å². The van der Waals surface area contributed by atoms with E-state index in [9.17, 15) is 14.4 Å². The Morgan fingerprint density at radius 2 is 1.52 bits per heavy atom. The summed E-state index contributed by atoms with van der Waals surface area (Å²) in [5, 5.41) is 0.989. The maximum atomic E-state index is 13.5. The maximum absolute atomic E-state index is 13.5. The SMILES string of the molecule is COc1ccc(CN(C(=O)c2ccc(Cl)cc2)[C@@H]2CC(=O)N(c3ccc(Cl)cc3)C2=O)cc1. The lowest BCUT2D eigenvalue weighted by molar-refractivity contribution is -0.122. The average molecular weight is 483 g/mol. The Morgan fingerprint density at radius 1 is 0.939 bits per heavy atom. The number of hydrogen-bond acceptors (Lipinski definition) is 4. The molecule has 0 spiro atoms. The molecule has 1 aliphatic heterocycles. The van der Waals surface area contributed by atoms with Gasteiger partial charge in [-0.05, 0) is 66.2 Å². The molecule has 1 aliphatic rings. The van der Waals surface area contributed by atoms with Crippen LogP contribution in [0.15, 0.2) is 72.8 Å². The van der Waals surface area contributed by atoms with E-state index in [0.717, 1.165) is 10.5 Å². The molecule has 0 N–H and O–H groups in total. The zero-order chi connectivity index (χ0) is 23.5. The van der Waals surface area contributed by atoms with Crippen molar-refractivity contribution < 1.29 is 19.1 Å². The number of carbonyl (C=O) groups is 3. The minimum Gasteiger partial charge on any atom is -0.497 e. The van der Waals surface area contributed by atoms with Crippen LogP contribution in [-0.2, 0) is 16.1 Å². The number of nitrogens with zero attached hydrogens (tertiary/aromatic N) is 2. The van der Waals surface area contributed by atoms with E-state index < -0.39 is 11.9 Å². The van der Waals surface area contributed by atoms with E-state index in [1.807, 2.05) is 12.1 Å². The average Bonchev–Trinajstić information content (AvgIpc) is 3.12. The van der Waals surface area contributed by atoms with Crippen LogP contribution in [-0.4, -0.2) is 35.8 Å². The molecule has 168 valence electrons. The third-order valence-electron chi connectivity index (χ3n) is 5.45. The fraction of sp³-hybridized carbons (Fsp3) is 0.160. The van der Waals surface area contributed by atoms with E-state index >= 15 is 0 Å². The standard InChI is InChI=1S/C25H20Cl2N2O4/c1-33-21-12-2-16(3-13-21)15-28(24(31)17-4-6-18(26)7-5-17)22-14-23(30)29(25(22)32)20-10-8-19(27)9-11-20/h2-13,22H,14-15H2,1H3/t22-/m1/s1. The summed E-state index contributed by atoms with van der Waals surface area (Å²) < 4.78 is 5.20. The first kappa shape index (κ1) is 22.8. The molecular weight excluding hydrogens is 463 g/mol. The van der Waals surface area contributed by atoms with Gasteiger partial charge < -0.3 is 9.64 Å². The van der Waals surface area contributed by atoms with Crippen molar-refractivity contribution in [3.63, 3.8) is 0 Å². The van der Waals surface area contributed by atoms with Gasteiger partial charge in [0.2, 0.25) is 5.91 Å². The highest BCUT2D eigenvalue weighted by Crippen LogP contribution is 2.29. The van der Waals surface area contributed by atoms with E-state index in [-0.39, 0.29) is 24.8 Å². The normalized spacial score (nSPS) is 15.6. The van der Waals surface area contributed by atoms with E-state index in [1.165, 1.54) is 4.90 Å². The minimum atomic E-state index is -0.946. The Hall–Kier alpha value is -3.35. The molecule has 33 heavy (non-hydrogen) atoms. The first-order valence-corrected chi connectivity index (χ1v) is 10.9. The molecule has 1 saturated heterocycles. The van der Waals surface area contributed by atoms with Crippen molar-refractivity contribution in [2.24, 2.45) is 0 Å². The number of rotatable bonds is 6. The van der Waals surface area contributed by atoms with E-state index in [1.54, 1.807) is 67.8 Å². The molecule has 1 atom stereocenters. The second-order valence-corrected chi connectivity index (χ2v) is 8.42. The van der Waals surface area contributed by atoms with Gasteiger partial charge >= 0.3 is 0 Å². The number of anilines is 1. The molecule has 3 aromatic carbocycles. The summed E-state index contributed by atoms with van der Waals surface area (Å²) >= 11 is 11.9. The molecule has 3 amide bonds. The van der Waals surface area contributed by atoms with Crippen LogP contribution < -0.4 is 9.64 Å². The lowest BCUT2D eigenvalue weighted by Crippen LogP contribution is -2.45. The predicted molar refractivity (Wildman–Crippen MR) is 127 cm³/mol. The lowest BCUT2D eigenvalue weighted by atomic mass is 10.1. The highest BCUT2D eigenvalue weighted by Gasteiger charge is 2.44. The predicted octanol–water partition coefficient (Wildman–Crippen LogP) is 4.98. The smallest absolute Gasteiger partial charge is 0.257 e. The minimum absolute atomic E-state index is 0.114. The monoisotopic (exact) mass is 482 g/mol. The topological polar surface area (TPSA) is 66.9 Å². The van der Waals surface area contributed by atoms with Gasteiger partial charge in [-0.15, -0.1) is 0 Å². The highest BCUT2D eigenvalue weighted by molar-refractivity contribution is 6.31. The summed E-state index contributed by atoms with van der Waals surface area (Å²) in [5.74, 6) is -0.531. The number of halogens is 2. The molecule has 0 radical (unpaired) electrons. The van der Waals surface area contributed by atoms with Gasteiger partial charge in [-0.1, -0.05) is 35.3 Å². The van der Waals surface area contributed by atoms with Crippen molar-refractivity contribution in [1.29, 1.82) is 0 Å². The number of hydrogen-bond donors (Lipinski definition) is 0. The Balaban J connectivity index is 1.67. The van der Waals surface area contributed by atoms with Crippen LogP contribution in [0.2, 0.25) is 10.0 Å². The zero-order valence-corrected chi connectivity index (χ0v) is 19.2. The number of amides is 3. The quantitative estimate of drug-likeness (QED) is 0.464. The van der Waals surface area contributed by atoms with E-state index in [4.69, 9.17) is 27.9 Å². The number of ether oxygens (including phenoxy) is 1. The van der Waals surface area contributed by atoms with Gasteiger partial charge in [-0.3, -0.25) is 14.4 Å². The van der Waals surface area contributed by atoms with Gasteiger partial charge in [0.1, 0.15) is 11.8 Å². The van der Waals surface area contributed by atoms with Gasteiger partial charge in [0.05, 0.1) is 19.2 Å². The van der Waals surface area contributed by atoms with Crippen molar-refractivity contribution in [2.45, 2.75) is 19.0 Å². The van der Waals surface area contributed by atoms with Crippen LogP contribution in [0.3, 0.4) is 0 Å². The van der Waals surface area contributed by atoms with Crippen molar-refractivity contribution in [1.82, 2.24) is 4.90 Å². The summed E-state index contributed by atoms with van der Waals surface area (Å²) in [4.78, 5) is 42.2. The van der Waals surface area contributed by atoms with Crippen molar-refractivity contribution >= 4 is 46.6 Å². The van der Waals surface area contributed by atoms with Crippen LogP contribution in [0.4, 0.5) is 5.69 Å². The Bertz CT molecular complexity index is 1180. The third-order valence-corrected chi connectivity index (χ3v) is 5.95. The summed E-state index contributed by atoms with van der Waals surface area (Å²) in [6.07, 6.45) is -0.114. The zero-order valence-electron chi connectivity index (χ0n) is 17.7. The molecule has 0 bridgehead atoms. The van der Waals surface area contributed by atoms with Crippen LogP contribution in [0.1, 0.15) is 22.3 Å². The molecule has 0 saturated carbocycles. The Kier molecular flexibility index (Phi) is 6.67. The number of methoxy groups -OCH3 is 1. The second-order valence-electron chi connectivity index (χ2n) is 7.55. The molecule has 3 aromatic rings. The Labute approximate surface area is 201 Å². The molecule has 1 fully saturated rings. The van der Waals surface area contributed by atoms with Crippen molar-refractivity contribution in [2.75, 3.05) is 12.0 Å². The fourth-order valence-corrected chi connectivity index (χ4v) is 3.98. The number of benzene rings is 3. The van der Waals surface area contributed by atoms with Gasteiger partial charge in [0.25, 0.3) is 11.8 Å². The lowest BCUT2D eigenvalue weighted by Gasteiger charge is -2.28. The maximum Gasteiger partial charge on any atom is 0.257 e. The van der Waals surface area contributed by atoms with Crippen LogP contribution >= 0.6 is 23.2 Å². The number of carbonyl (C=O) groups excluding carboxylic acids is 3. The molecule has 4 rings (SSSR count). The summed E-state index contributed by atoms with van der Waals surface area (Å²) in [7, 11) is 1.57. The molecule has 0 aromatic heterocycles. The Morgan fingerprint density at radius 3 is 2.09 bits per heavy atom. The second kappa shape index (κ2) is 9.65. The van der Waals surface area contributed by atoms with Gasteiger partial charge in [-0.25, -0.2) is 4.90 Å². The van der Waals surface area contributed by atoms with Crippen molar-refractivity contribution in [3.8, 4) is 5.75 Å². The van der Waals surface area contributed by atoms with Crippen molar-refractivity contribution in [3.05, 3.63) is 94.0 Å². The van der Waals surface area contributed by atoms with E-state index in [2.05, 4.69) is 0 Å². The summed E-state index contributed by atoms with van der Waals surface area (Å²) in [6, 6.07) is 19.1. The molecule has 6 nitrogen and oxygen atoms in total. The molecular formula is C25H20Cl2N2O4. The summed E-state index contributed by atoms with van der Waals surface area (Å²) in [5.41, 5.74) is 1.58. The van der Waals surface area contributed by atoms with Crippen LogP contribution in [0, 0.1) is 0 Å². The number of imide groups is 1. The fourth-order valence-electron chi connectivity index (χ4n) is 3.73. The van der Waals surface area contributed by atoms with Gasteiger partial charge in [0.15, 0.2) is 0 Å². The van der Waals surface area contributed by atoms with Crippen LogP contribution in [0.5, 0.6) is 5.75 Å². The molecule has 8 heteroatoms. The first-order valence-electron chi connectivity index (χ1n) is 10.2. The van der Waals surface area contributed by atoms with E-state index in [0.29, 0.717) is 27.0 Å².